The number of amides is 1. The van der Waals surface area contributed by atoms with Crippen molar-refractivity contribution in [2.75, 3.05) is 19.0 Å². The minimum atomic E-state index is -0.294. The molecule has 1 amide bonds. The number of nitrogens with one attached hydrogen (secondary N) is 2. The molecule has 2 heterocycles. The van der Waals surface area contributed by atoms with Gasteiger partial charge >= 0.3 is 0 Å². The Morgan fingerprint density at radius 1 is 0.973 bits per heavy atom. The predicted molar refractivity (Wildman–Crippen MR) is 141 cm³/mol. The van der Waals surface area contributed by atoms with Gasteiger partial charge in [0, 0.05) is 29.9 Å². The van der Waals surface area contributed by atoms with Crippen molar-refractivity contribution in [1.29, 1.82) is 0 Å². The summed E-state index contributed by atoms with van der Waals surface area (Å²) in [5.41, 5.74) is 3.35. The first kappa shape index (κ1) is 23.9. The predicted octanol–water partition coefficient (Wildman–Crippen LogP) is 5.56. The lowest BCUT2D eigenvalue weighted by Crippen LogP contribution is -2.26. The number of anilines is 2. The number of fused-ring (bicyclic) bond motifs is 1. The van der Waals surface area contributed by atoms with Gasteiger partial charge < -0.3 is 15.4 Å². The van der Waals surface area contributed by atoms with Crippen molar-refractivity contribution in [3.63, 3.8) is 0 Å². The number of para-hydroxylation sites is 1. The number of rotatable bonds is 8. The first-order chi connectivity index (χ1) is 18.1. The van der Waals surface area contributed by atoms with E-state index < -0.39 is 0 Å². The van der Waals surface area contributed by atoms with Crippen LogP contribution in [0.25, 0.3) is 22.3 Å². The largest absolute Gasteiger partial charge is 0.497 e. The maximum absolute atomic E-state index is 13.5. The van der Waals surface area contributed by atoms with Crippen LogP contribution in [-0.4, -0.2) is 34.5 Å². The molecule has 0 fully saturated rings. The van der Waals surface area contributed by atoms with E-state index in [2.05, 4.69) is 15.6 Å². The molecular weight excluding hydrogens is 469 g/mol. The van der Waals surface area contributed by atoms with Gasteiger partial charge in [-0.2, -0.15) is 0 Å². The normalized spacial score (nSPS) is 10.8. The second-order valence-corrected chi connectivity index (χ2v) is 8.33. The highest BCUT2D eigenvalue weighted by atomic mass is 19.1. The summed E-state index contributed by atoms with van der Waals surface area (Å²) >= 11 is 0. The van der Waals surface area contributed by atoms with Crippen molar-refractivity contribution >= 4 is 28.3 Å². The fraction of sp³-hybridized carbons (Fsp3) is 0.103. The number of carbonyl (C=O) groups excluding carboxylic acids is 1. The molecule has 0 unspecified atom stereocenters. The first-order valence-corrected chi connectivity index (χ1v) is 11.8. The molecule has 0 saturated carbocycles. The highest BCUT2D eigenvalue weighted by molar-refractivity contribution is 6.02. The average Bonchev–Trinajstić information content (AvgIpc) is 2.93. The van der Waals surface area contributed by atoms with Gasteiger partial charge in [-0.05, 0) is 66.6 Å². The van der Waals surface area contributed by atoms with Crippen LogP contribution >= 0.6 is 0 Å². The summed E-state index contributed by atoms with van der Waals surface area (Å²) in [6.07, 6.45) is 3.91. The number of benzene rings is 3. The fourth-order valence-corrected chi connectivity index (χ4v) is 3.98. The summed E-state index contributed by atoms with van der Waals surface area (Å²) < 4.78 is 18.9. The zero-order valence-electron chi connectivity index (χ0n) is 20.1. The number of methoxy groups -OCH3 is 1. The monoisotopic (exact) mass is 493 g/mol. The molecule has 0 aliphatic carbocycles. The van der Waals surface area contributed by atoms with E-state index in [1.165, 1.54) is 12.1 Å². The van der Waals surface area contributed by atoms with Crippen molar-refractivity contribution in [1.82, 2.24) is 20.3 Å². The Morgan fingerprint density at radius 2 is 1.86 bits per heavy atom. The second kappa shape index (κ2) is 10.8. The standard InChI is InChI=1S/C29H24FN5O2/c1-37-22-11-12-26-24(17-22)28(35-27(33-26)20-7-5-14-31-18-20)34-25-10-3-2-9-23(25)29(36)32-15-13-19-6-4-8-21(30)16-19/h2-12,14,16-18H,13,15H2,1H3,(H,32,36)(H,33,34,35). The van der Waals surface area contributed by atoms with Crippen molar-refractivity contribution in [3.8, 4) is 17.1 Å². The Labute approximate surface area is 213 Å². The zero-order valence-corrected chi connectivity index (χ0v) is 20.1. The SMILES string of the molecule is COc1ccc2nc(-c3cccnc3)nc(Nc3ccccc3C(=O)NCCc3cccc(F)c3)c2c1. The highest BCUT2D eigenvalue weighted by Crippen LogP contribution is 2.31. The molecule has 7 nitrogen and oxygen atoms in total. The minimum Gasteiger partial charge on any atom is -0.497 e. The molecule has 0 bridgehead atoms. The van der Waals surface area contributed by atoms with Gasteiger partial charge in [0.2, 0.25) is 0 Å². The van der Waals surface area contributed by atoms with E-state index >= 15 is 0 Å². The number of ether oxygens (including phenoxy) is 1. The van der Waals surface area contributed by atoms with E-state index in [4.69, 9.17) is 14.7 Å². The van der Waals surface area contributed by atoms with E-state index in [0.717, 1.165) is 16.5 Å². The average molecular weight is 494 g/mol. The highest BCUT2D eigenvalue weighted by Gasteiger charge is 2.15. The number of pyridine rings is 1. The summed E-state index contributed by atoms with van der Waals surface area (Å²) in [4.78, 5) is 26.7. The third-order valence-electron chi connectivity index (χ3n) is 5.84. The third kappa shape index (κ3) is 5.54. The van der Waals surface area contributed by atoms with E-state index in [-0.39, 0.29) is 11.7 Å². The molecule has 0 saturated heterocycles. The molecular formula is C29H24FN5O2. The number of halogens is 1. The number of aromatic nitrogens is 3. The molecule has 0 atom stereocenters. The van der Waals surface area contributed by atoms with Gasteiger partial charge in [-0.1, -0.05) is 24.3 Å². The Kier molecular flexibility index (Phi) is 6.98. The molecule has 37 heavy (non-hydrogen) atoms. The van der Waals surface area contributed by atoms with Gasteiger partial charge in [0.25, 0.3) is 5.91 Å². The quantitative estimate of drug-likeness (QED) is 0.294. The number of hydrogen-bond donors (Lipinski definition) is 2. The number of carbonyl (C=O) groups is 1. The molecule has 0 aliphatic heterocycles. The Bertz CT molecular complexity index is 1560. The van der Waals surface area contributed by atoms with Crippen LogP contribution in [0.5, 0.6) is 5.75 Å². The third-order valence-corrected chi connectivity index (χ3v) is 5.84. The summed E-state index contributed by atoms with van der Waals surface area (Å²) in [6.45, 7) is 0.370. The molecule has 2 aromatic heterocycles. The van der Waals surface area contributed by atoms with Crippen molar-refractivity contribution in [3.05, 3.63) is 108 Å². The summed E-state index contributed by atoms with van der Waals surface area (Å²) in [5.74, 6) is 1.16. The van der Waals surface area contributed by atoms with E-state index in [1.54, 1.807) is 37.7 Å². The van der Waals surface area contributed by atoms with Crippen LogP contribution in [-0.2, 0) is 6.42 Å². The van der Waals surface area contributed by atoms with E-state index in [9.17, 15) is 9.18 Å². The molecule has 8 heteroatoms. The molecule has 5 aromatic rings. The minimum absolute atomic E-state index is 0.247. The summed E-state index contributed by atoms with van der Waals surface area (Å²) in [6, 6.07) is 22.8. The van der Waals surface area contributed by atoms with Crippen LogP contribution in [0.1, 0.15) is 15.9 Å². The van der Waals surface area contributed by atoms with E-state index in [1.807, 2.05) is 48.5 Å². The number of nitrogens with zero attached hydrogens (tertiary/aromatic N) is 3. The van der Waals surface area contributed by atoms with Gasteiger partial charge in [-0.3, -0.25) is 9.78 Å². The number of hydrogen-bond acceptors (Lipinski definition) is 6. The maximum Gasteiger partial charge on any atom is 0.253 e. The van der Waals surface area contributed by atoms with Gasteiger partial charge in [0.15, 0.2) is 5.82 Å². The zero-order chi connectivity index (χ0) is 25.6. The van der Waals surface area contributed by atoms with E-state index in [0.29, 0.717) is 47.1 Å². The second-order valence-electron chi connectivity index (χ2n) is 8.33. The fourth-order valence-electron chi connectivity index (χ4n) is 3.98. The molecule has 3 aromatic carbocycles. The van der Waals surface area contributed by atoms with Crippen molar-refractivity contribution in [2.45, 2.75) is 6.42 Å². The topological polar surface area (TPSA) is 89.0 Å². The van der Waals surface area contributed by atoms with Gasteiger partial charge in [-0.15, -0.1) is 0 Å². The van der Waals surface area contributed by atoms with Crippen LogP contribution in [0.15, 0.2) is 91.3 Å². The summed E-state index contributed by atoms with van der Waals surface area (Å²) in [5, 5.41) is 7.00. The van der Waals surface area contributed by atoms with Crippen LogP contribution in [0, 0.1) is 5.82 Å². The first-order valence-electron chi connectivity index (χ1n) is 11.8. The Balaban J connectivity index is 1.45. The maximum atomic E-state index is 13.5. The molecule has 2 N–H and O–H groups in total. The molecule has 0 aliphatic rings. The Morgan fingerprint density at radius 3 is 2.68 bits per heavy atom. The Hall–Kier alpha value is -4.85. The van der Waals surface area contributed by atoms with Crippen molar-refractivity contribution < 1.29 is 13.9 Å². The molecule has 184 valence electrons. The van der Waals surface area contributed by atoms with Crippen LogP contribution < -0.4 is 15.4 Å². The summed E-state index contributed by atoms with van der Waals surface area (Å²) in [7, 11) is 1.60. The van der Waals surface area contributed by atoms with Gasteiger partial charge in [-0.25, -0.2) is 14.4 Å². The molecule has 0 radical (unpaired) electrons. The van der Waals surface area contributed by atoms with Gasteiger partial charge in [0.1, 0.15) is 17.4 Å². The lowest BCUT2D eigenvalue weighted by atomic mass is 10.1. The lowest BCUT2D eigenvalue weighted by Gasteiger charge is -2.15. The van der Waals surface area contributed by atoms with Crippen molar-refractivity contribution in [2.24, 2.45) is 0 Å². The van der Waals surface area contributed by atoms with Crippen LogP contribution in [0.4, 0.5) is 15.9 Å². The lowest BCUT2D eigenvalue weighted by molar-refractivity contribution is 0.0955. The molecule has 5 rings (SSSR count). The smallest absolute Gasteiger partial charge is 0.253 e. The van der Waals surface area contributed by atoms with Crippen LogP contribution in [0.2, 0.25) is 0 Å². The van der Waals surface area contributed by atoms with Gasteiger partial charge in [0.05, 0.1) is 23.9 Å². The van der Waals surface area contributed by atoms with Crippen LogP contribution in [0.3, 0.4) is 0 Å². The molecule has 0 spiro atoms.